The molecule has 2 aliphatic rings. The zero-order valence-corrected chi connectivity index (χ0v) is 21.4. The topological polar surface area (TPSA) is 102 Å². The summed E-state index contributed by atoms with van der Waals surface area (Å²) in [7, 11) is 3.15. The van der Waals surface area contributed by atoms with Crippen molar-refractivity contribution in [2.24, 2.45) is 4.99 Å². The van der Waals surface area contributed by atoms with Crippen molar-refractivity contribution in [3.63, 3.8) is 0 Å². The highest BCUT2D eigenvalue weighted by Crippen LogP contribution is 2.47. The average Bonchev–Trinajstić information content (AvgIpc) is 3.28. The molecule has 0 aliphatic carbocycles. The Morgan fingerprint density at radius 2 is 2.03 bits per heavy atom. The van der Waals surface area contributed by atoms with Crippen molar-refractivity contribution >= 4 is 28.8 Å². The monoisotopic (exact) mass is 508 g/mol. The first-order valence-electron chi connectivity index (χ1n) is 11.5. The fourth-order valence-corrected chi connectivity index (χ4v) is 5.08. The Balaban J connectivity index is 1.69. The van der Waals surface area contributed by atoms with E-state index < -0.39 is 12.0 Å². The van der Waals surface area contributed by atoms with Gasteiger partial charge in [0.2, 0.25) is 5.91 Å². The quantitative estimate of drug-likeness (QED) is 0.508. The van der Waals surface area contributed by atoms with Gasteiger partial charge in [-0.05, 0) is 49.1 Å². The molecule has 1 amide bonds. The van der Waals surface area contributed by atoms with Crippen molar-refractivity contribution in [3.8, 4) is 11.5 Å². The van der Waals surface area contributed by atoms with Crippen molar-refractivity contribution in [1.82, 2.24) is 15.2 Å². The molecule has 36 heavy (non-hydrogen) atoms. The number of aliphatic imine (C=N–C) groups is 1. The van der Waals surface area contributed by atoms with E-state index in [0.29, 0.717) is 45.7 Å². The minimum absolute atomic E-state index is 0.101. The molecule has 10 heteroatoms. The summed E-state index contributed by atoms with van der Waals surface area (Å²) in [6.07, 6.45) is 3.50. The van der Waals surface area contributed by atoms with Gasteiger partial charge in [-0.1, -0.05) is 17.8 Å². The molecule has 0 radical (unpaired) electrons. The Morgan fingerprint density at radius 3 is 2.72 bits per heavy atom. The first-order valence-corrected chi connectivity index (χ1v) is 12.3. The number of benzene rings is 1. The van der Waals surface area contributed by atoms with E-state index in [2.05, 4.69) is 15.3 Å². The molecule has 1 aromatic carbocycles. The number of aromatic nitrogens is 1. The molecule has 1 atom stereocenters. The number of amidine groups is 1. The summed E-state index contributed by atoms with van der Waals surface area (Å²) in [5.74, 6) is 0.563. The van der Waals surface area contributed by atoms with Crippen LogP contribution in [0, 0.1) is 0 Å². The van der Waals surface area contributed by atoms with Crippen LogP contribution in [-0.2, 0) is 20.9 Å². The second kappa shape index (κ2) is 11.3. The summed E-state index contributed by atoms with van der Waals surface area (Å²) in [4.78, 5) is 36.7. The zero-order chi connectivity index (χ0) is 25.7. The van der Waals surface area contributed by atoms with Crippen molar-refractivity contribution in [3.05, 3.63) is 76.2 Å². The van der Waals surface area contributed by atoms with E-state index in [1.807, 2.05) is 28.5 Å². The maximum atomic E-state index is 13.2. The summed E-state index contributed by atoms with van der Waals surface area (Å²) in [6, 6.07) is 8.53. The van der Waals surface area contributed by atoms with Gasteiger partial charge in [-0.2, -0.15) is 0 Å². The third-order valence-electron chi connectivity index (χ3n) is 5.78. The fraction of sp³-hybridized carbons (Fsp3) is 0.308. The van der Waals surface area contributed by atoms with Crippen LogP contribution >= 0.6 is 11.8 Å². The standard InChI is InChI=1S/C26H28N4O5S/c1-5-35-25(32)23-16(2)29-26-30(24(23)20-12-19(33-3)8-9-21(20)34-4)18(15-36-26)11-22(31)28-14-17-7-6-10-27-13-17/h6-10,12-13,15,24H,5,11,14H2,1-4H3,(H,28,31)/t24-/m0/s1. The number of ether oxygens (including phenoxy) is 3. The lowest BCUT2D eigenvalue weighted by Crippen LogP contribution is -2.38. The molecule has 2 aliphatic heterocycles. The van der Waals surface area contributed by atoms with Crippen LogP contribution in [0.25, 0.3) is 0 Å². The molecule has 1 aromatic heterocycles. The molecule has 9 nitrogen and oxygen atoms in total. The smallest absolute Gasteiger partial charge is 0.338 e. The number of fused-ring (bicyclic) bond motifs is 1. The van der Waals surface area contributed by atoms with Gasteiger partial charge in [-0.3, -0.25) is 9.78 Å². The second-order valence-electron chi connectivity index (χ2n) is 8.04. The zero-order valence-electron chi connectivity index (χ0n) is 20.6. The molecule has 4 rings (SSSR count). The summed E-state index contributed by atoms with van der Waals surface area (Å²) in [5, 5.41) is 5.50. The first-order chi connectivity index (χ1) is 17.5. The van der Waals surface area contributed by atoms with Gasteiger partial charge in [0.25, 0.3) is 0 Å². The van der Waals surface area contributed by atoms with Crippen molar-refractivity contribution in [2.75, 3.05) is 20.8 Å². The number of rotatable bonds is 9. The average molecular weight is 509 g/mol. The molecular formula is C26H28N4O5S. The first kappa shape index (κ1) is 25.3. The number of carbonyl (C=O) groups is 2. The number of methoxy groups -OCH3 is 2. The van der Waals surface area contributed by atoms with Crippen LogP contribution in [0.1, 0.15) is 37.4 Å². The SMILES string of the molecule is CCOC(=O)C1=C(C)N=C2SC=C(CC(=O)NCc3cccnc3)N2[C@H]1c1cc(OC)ccc1OC. The number of amides is 1. The van der Waals surface area contributed by atoms with Crippen LogP contribution in [0.4, 0.5) is 0 Å². The molecule has 0 saturated heterocycles. The summed E-state index contributed by atoms with van der Waals surface area (Å²) < 4.78 is 16.5. The van der Waals surface area contributed by atoms with E-state index in [1.165, 1.54) is 11.8 Å². The maximum absolute atomic E-state index is 13.2. The van der Waals surface area contributed by atoms with Gasteiger partial charge < -0.3 is 24.4 Å². The number of esters is 1. The van der Waals surface area contributed by atoms with E-state index in [4.69, 9.17) is 14.2 Å². The Hall–Kier alpha value is -3.79. The third kappa shape index (κ3) is 5.23. The van der Waals surface area contributed by atoms with Crippen molar-refractivity contribution < 1.29 is 23.8 Å². The lowest BCUT2D eigenvalue weighted by atomic mass is 9.92. The third-order valence-corrected chi connectivity index (χ3v) is 6.67. The minimum Gasteiger partial charge on any atom is -0.497 e. The van der Waals surface area contributed by atoms with Crippen molar-refractivity contribution in [1.29, 1.82) is 0 Å². The number of hydrogen-bond acceptors (Lipinski definition) is 9. The van der Waals surface area contributed by atoms with Crippen LogP contribution in [-0.4, -0.2) is 47.8 Å². The van der Waals surface area contributed by atoms with Gasteiger partial charge >= 0.3 is 5.97 Å². The number of carbonyl (C=O) groups excluding carboxylic acids is 2. The molecule has 0 spiro atoms. The minimum atomic E-state index is -0.617. The largest absolute Gasteiger partial charge is 0.497 e. The number of nitrogens with one attached hydrogen (secondary N) is 1. The van der Waals surface area contributed by atoms with Crippen LogP contribution in [0.15, 0.2) is 70.1 Å². The van der Waals surface area contributed by atoms with Crippen molar-refractivity contribution in [2.45, 2.75) is 32.9 Å². The van der Waals surface area contributed by atoms with Crippen LogP contribution in [0.5, 0.6) is 11.5 Å². The number of allylic oxidation sites excluding steroid dienone is 1. The van der Waals surface area contributed by atoms with Crippen LogP contribution < -0.4 is 14.8 Å². The molecule has 3 heterocycles. The van der Waals surface area contributed by atoms with E-state index in [1.54, 1.807) is 52.6 Å². The molecule has 188 valence electrons. The number of nitrogens with zero attached hydrogens (tertiary/aromatic N) is 3. The molecule has 0 fully saturated rings. The lowest BCUT2D eigenvalue weighted by molar-refractivity contribution is -0.139. The lowest BCUT2D eigenvalue weighted by Gasteiger charge is -2.36. The highest BCUT2D eigenvalue weighted by molar-refractivity contribution is 8.16. The van der Waals surface area contributed by atoms with Crippen LogP contribution in [0.2, 0.25) is 0 Å². The Labute approximate surface area is 214 Å². The van der Waals surface area contributed by atoms with E-state index >= 15 is 0 Å². The Kier molecular flexibility index (Phi) is 7.94. The normalized spacial score (nSPS) is 16.7. The molecular weight excluding hydrogens is 480 g/mol. The number of thioether (sulfide) groups is 1. The van der Waals surface area contributed by atoms with E-state index in [9.17, 15) is 9.59 Å². The highest BCUT2D eigenvalue weighted by atomic mass is 32.2. The van der Waals surface area contributed by atoms with E-state index in [-0.39, 0.29) is 18.9 Å². The number of pyridine rings is 1. The van der Waals surface area contributed by atoms with Gasteiger partial charge in [0.15, 0.2) is 5.17 Å². The van der Waals surface area contributed by atoms with Crippen LogP contribution in [0.3, 0.4) is 0 Å². The predicted octanol–water partition coefficient (Wildman–Crippen LogP) is 3.94. The summed E-state index contributed by atoms with van der Waals surface area (Å²) in [5.41, 5.74) is 3.26. The Bertz CT molecular complexity index is 1240. The molecule has 0 bridgehead atoms. The summed E-state index contributed by atoms with van der Waals surface area (Å²) >= 11 is 1.41. The van der Waals surface area contributed by atoms with Gasteiger partial charge in [-0.15, -0.1) is 0 Å². The Morgan fingerprint density at radius 1 is 1.19 bits per heavy atom. The van der Waals surface area contributed by atoms with E-state index in [0.717, 1.165) is 5.56 Å². The molecule has 1 N–H and O–H groups in total. The molecule has 2 aromatic rings. The molecule has 0 unspecified atom stereocenters. The highest BCUT2D eigenvalue weighted by Gasteiger charge is 2.42. The molecule has 0 saturated carbocycles. The maximum Gasteiger partial charge on any atom is 0.338 e. The summed E-state index contributed by atoms with van der Waals surface area (Å²) in [6.45, 7) is 4.14. The van der Waals surface area contributed by atoms with Gasteiger partial charge in [0.05, 0.1) is 44.6 Å². The second-order valence-corrected chi connectivity index (χ2v) is 8.87. The predicted molar refractivity (Wildman–Crippen MR) is 137 cm³/mol. The fourth-order valence-electron chi connectivity index (χ4n) is 4.12. The van der Waals surface area contributed by atoms with Gasteiger partial charge in [-0.25, -0.2) is 9.79 Å². The number of hydrogen-bond donors (Lipinski definition) is 1. The van der Waals surface area contributed by atoms with Gasteiger partial charge in [0, 0.05) is 30.2 Å². The van der Waals surface area contributed by atoms with Gasteiger partial charge in [0.1, 0.15) is 11.5 Å².